The van der Waals surface area contributed by atoms with Gasteiger partial charge in [-0.1, -0.05) is 56.3 Å². The van der Waals surface area contributed by atoms with Crippen molar-refractivity contribution in [2.75, 3.05) is 0 Å². The standard InChI is InChI=1S/C15H16O/c1-11(2)15(10-16)14-8-7-12-5-3-4-6-13(12)9-14/h3-11,15H,1-2H3/t15-/m0/s1. The molecule has 0 aliphatic rings. The minimum atomic E-state index is 0.00426. The van der Waals surface area contributed by atoms with Gasteiger partial charge in [-0.3, -0.25) is 0 Å². The number of aldehydes is 1. The fourth-order valence-corrected chi connectivity index (χ4v) is 2.04. The Kier molecular flexibility index (Phi) is 3.04. The maximum Gasteiger partial charge on any atom is 0.127 e. The maximum atomic E-state index is 11.1. The molecule has 0 spiro atoms. The van der Waals surface area contributed by atoms with E-state index in [9.17, 15) is 4.79 Å². The van der Waals surface area contributed by atoms with Gasteiger partial charge in [0.2, 0.25) is 0 Å². The number of rotatable bonds is 3. The van der Waals surface area contributed by atoms with Crippen LogP contribution >= 0.6 is 0 Å². The summed E-state index contributed by atoms with van der Waals surface area (Å²) in [7, 11) is 0. The molecule has 82 valence electrons. The van der Waals surface area contributed by atoms with Crippen LogP contribution in [-0.2, 0) is 4.79 Å². The Hall–Kier alpha value is -1.63. The van der Waals surface area contributed by atoms with E-state index in [0.717, 1.165) is 11.8 Å². The molecule has 0 aromatic heterocycles. The van der Waals surface area contributed by atoms with Crippen LogP contribution < -0.4 is 0 Å². The molecule has 1 atom stereocenters. The van der Waals surface area contributed by atoms with E-state index in [1.54, 1.807) is 0 Å². The minimum absolute atomic E-state index is 0.00426. The van der Waals surface area contributed by atoms with Crippen LogP contribution in [0, 0.1) is 5.92 Å². The van der Waals surface area contributed by atoms with Gasteiger partial charge in [0.05, 0.1) is 0 Å². The Labute approximate surface area is 96.1 Å². The first-order chi connectivity index (χ1) is 7.72. The van der Waals surface area contributed by atoms with Crippen molar-refractivity contribution >= 4 is 17.1 Å². The highest BCUT2D eigenvalue weighted by Gasteiger charge is 2.14. The highest BCUT2D eigenvalue weighted by atomic mass is 16.1. The van der Waals surface area contributed by atoms with Gasteiger partial charge < -0.3 is 4.79 Å². The maximum absolute atomic E-state index is 11.1. The molecule has 1 heteroatoms. The molecule has 16 heavy (non-hydrogen) atoms. The first-order valence-corrected chi connectivity index (χ1v) is 5.66. The van der Waals surface area contributed by atoms with E-state index in [1.165, 1.54) is 10.8 Å². The summed E-state index contributed by atoms with van der Waals surface area (Å²) in [6.45, 7) is 4.16. The van der Waals surface area contributed by atoms with E-state index in [4.69, 9.17) is 0 Å². The topological polar surface area (TPSA) is 17.1 Å². The summed E-state index contributed by atoms with van der Waals surface area (Å²) in [4.78, 5) is 11.1. The Morgan fingerprint density at radius 1 is 1.00 bits per heavy atom. The van der Waals surface area contributed by atoms with Gasteiger partial charge in [-0.05, 0) is 22.3 Å². The van der Waals surface area contributed by atoms with Crippen molar-refractivity contribution < 1.29 is 4.79 Å². The lowest BCUT2D eigenvalue weighted by Crippen LogP contribution is -2.07. The average Bonchev–Trinajstić information content (AvgIpc) is 2.29. The molecule has 0 bridgehead atoms. The molecule has 0 amide bonds. The summed E-state index contributed by atoms with van der Waals surface area (Å²) in [5.41, 5.74) is 1.11. The van der Waals surface area contributed by atoms with Crippen LogP contribution in [0.25, 0.3) is 10.8 Å². The van der Waals surface area contributed by atoms with Crippen molar-refractivity contribution in [3.05, 3.63) is 48.0 Å². The lowest BCUT2D eigenvalue weighted by molar-refractivity contribution is -0.109. The molecule has 0 aliphatic heterocycles. The monoisotopic (exact) mass is 212 g/mol. The second-order valence-corrected chi connectivity index (χ2v) is 4.51. The minimum Gasteiger partial charge on any atom is -0.303 e. The van der Waals surface area contributed by atoms with Crippen LogP contribution in [0.15, 0.2) is 42.5 Å². The van der Waals surface area contributed by atoms with Gasteiger partial charge >= 0.3 is 0 Å². The van der Waals surface area contributed by atoms with Crippen LogP contribution in [-0.4, -0.2) is 6.29 Å². The Morgan fingerprint density at radius 3 is 2.31 bits per heavy atom. The molecule has 1 nitrogen and oxygen atoms in total. The van der Waals surface area contributed by atoms with Crippen LogP contribution in [0.4, 0.5) is 0 Å². The summed E-state index contributed by atoms with van der Waals surface area (Å²) in [5.74, 6) is 0.350. The van der Waals surface area contributed by atoms with Gasteiger partial charge in [-0.2, -0.15) is 0 Å². The second kappa shape index (κ2) is 4.48. The van der Waals surface area contributed by atoms with Crippen LogP contribution in [0.2, 0.25) is 0 Å². The lowest BCUT2D eigenvalue weighted by Gasteiger charge is -2.15. The molecule has 0 saturated heterocycles. The highest BCUT2D eigenvalue weighted by Crippen LogP contribution is 2.25. The smallest absolute Gasteiger partial charge is 0.127 e. The Morgan fingerprint density at radius 2 is 1.69 bits per heavy atom. The summed E-state index contributed by atoms with van der Waals surface area (Å²) >= 11 is 0. The van der Waals surface area contributed by atoms with Gasteiger partial charge in [-0.25, -0.2) is 0 Å². The van der Waals surface area contributed by atoms with Crippen molar-refractivity contribution in [3.63, 3.8) is 0 Å². The molecular weight excluding hydrogens is 196 g/mol. The summed E-state index contributed by atoms with van der Waals surface area (Å²) in [5, 5.41) is 2.42. The number of hydrogen-bond donors (Lipinski definition) is 0. The van der Waals surface area contributed by atoms with E-state index >= 15 is 0 Å². The number of carbonyl (C=O) groups is 1. The van der Waals surface area contributed by atoms with Crippen molar-refractivity contribution in [1.29, 1.82) is 0 Å². The predicted octanol–water partition coefficient (Wildman–Crippen LogP) is 3.78. The third kappa shape index (κ3) is 1.99. The summed E-state index contributed by atoms with van der Waals surface area (Å²) in [6, 6.07) is 14.5. The molecule has 2 rings (SSSR count). The average molecular weight is 212 g/mol. The van der Waals surface area contributed by atoms with Crippen molar-refractivity contribution in [2.24, 2.45) is 5.92 Å². The summed E-state index contributed by atoms with van der Waals surface area (Å²) in [6.07, 6.45) is 1.05. The number of fused-ring (bicyclic) bond motifs is 1. The predicted molar refractivity (Wildman–Crippen MR) is 67.6 cm³/mol. The molecule has 0 radical (unpaired) electrons. The fourth-order valence-electron chi connectivity index (χ4n) is 2.04. The SMILES string of the molecule is CC(C)[C@H](C=O)c1ccc2ccccc2c1. The van der Waals surface area contributed by atoms with Gasteiger partial charge in [0, 0.05) is 5.92 Å². The molecule has 0 heterocycles. The zero-order valence-corrected chi connectivity index (χ0v) is 9.68. The first kappa shape index (κ1) is 10.9. The second-order valence-electron chi connectivity index (χ2n) is 4.51. The van der Waals surface area contributed by atoms with Gasteiger partial charge in [0.25, 0.3) is 0 Å². The number of carbonyl (C=O) groups excluding carboxylic acids is 1. The van der Waals surface area contributed by atoms with Crippen molar-refractivity contribution in [3.8, 4) is 0 Å². The van der Waals surface area contributed by atoms with E-state index in [0.29, 0.717) is 5.92 Å². The zero-order chi connectivity index (χ0) is 11.5. The molecule has 0 N–H and O–H groups in total. The first-order valence-electron chi connectivity index (χ1n) is 5.66. The molecule has 0 unspecified atom stereocenters. The molecule has 0 saturated carbocycles. The molecule has 2 aromatic carbocycles. The lowest BCUT2D eigenvalue weighted by atomic mass is 9.89. The fraction of sp³-hybridized carbons (Fsp3) is 0.267. The van der Waals surface area contributed by atoms with Crippen molar-refractivity contribution in [1.82, 2.24) is 0 Å². The third-order valence-electron chi connectivity index (χ3n) is 3.02. The van der Waals surface area contributed by atoms with Crippen LogP contribution in [0.5, 0.6) is 0 Å². The van der Waals surface area contributed by atoms with Gasteiger partial charge in [-0.15, -0.1) is 0 Å². The van der Waals surface area contributed by atoms with Crippen LogP contribution in [0.3, 0.4) is 0 Å². The van der Waals surface area contributed by atoms with E-state index in [2.05, 4.69) is 44.2 Å². The van der Waals surface area contributed by atoms with E-state index in [-0.39, 0.29) is 5.92 Å². The molecule has 2 aromatic rings. The Balaban J connectivity index is 2.49. The zero-order valence-electron chi connectivity index (χ0n) is 9.68. The van der Waals surface area contributed by atoms with E-state index < -0.39 is 0 Å². The van der Waals surface area contributed by atoms with Gasteiger partial charge in [0.1, 0.15) is 6.29 Å². The Bertz CT molecular complexity index is 500. The quantitative estimate of drug-likeness (QED) is 0.708. The number of hydrogen-bond acceptors (Lipinski definition) is 1. The van der Waals surface area contributed by atoms with Crippen LogP contribution in [0.1, 0.15) is 25.3 Å². The third-order valence-corrected chi connectivity index (χ3v) is 3.02. The molecule has 0 aliphatic carbocycles. The molecular formula is C15H16O. The number of benzene rings is 2. The van der Waals surface area contributed by atoms with Crippen molar-refractivity contribution in [2.45, 2.75) is 19.8 Å². The summed E-state index contributed by atoms with van der Waals surface area (Å²) < 4.78 is 0. The highest BCUT2D eigenvalue weighted by molar-refractivity contribution is 5.84. The normalized spacial score (nSPS) is 12.9. The van der Waals surface area contributed by atoms with E-state index in [1.807, 2.05) is 12.1 Å². The van der Waals surface area contributed by atoms with Gasteiger partial charge in [0.15, 0.2) is 0 Å². The largest absolute Gasteiger partial charge is 0.303 e. The molecule has 0 fully saturated rings.